The van der Waals surface area contributed by atoms with Gasteiger partial charge >= 0.3 is 0 Å². The third kappa shape index (κ3) is 3.23. The molecule has 1 aliphatic carbocycles. The van der Waals surface area contributed by atoms with Crippen LogP contribution < -0.4 is 5.73 Å². The summed E-state index contributed by atoms with van der Waals surface area (Å²) in [5.74, 6) is 0. The average molecular weight is 256 g/mol. The maximum atomic E-state index is 6.38. The fourth-order valence-corrected chi connectivity index (χ4v) is 3.44. The first-order valence-electron chi connectivity index (χ1n) is 7.31. The van der Waals surface area contributed by atoms with Crippen LogP contribution in [-0.4, -0.2) is 56.5 Å². The maximum absolute atomic E-state index is 6.38. The van der Waals surface area contributed by atoms with Gasteiger partial charge in [0.1, 0.15) is 0 Å². The van der Waals surface area contributed by atoms with Crippen molar-refractivity contribution in [1.29, 1.82) is 0 Å². The Balaban J connectivity index is 1.96. The Hall–Kier alpha value is -0.160. The first kappa shape index (κ1) is 14.3. The van der Waals surface area contributed by atoms with E-state index in [1.807, 2.05) is 0 Å². The third-order valence-corrected chi connectivity index (χ3v) is 4.60. The number of nitrogens with zero attached hydrogens (tertiary/aromatic N) is 1. The summed E-state index contributed by atoms with van der Waals surface area (Å²) < 4.78 is 11.0. The quantitative estimate of drug-likeness (QED) is 0.829. The number of ether oxygens (including phenoxy) is 2. The molecule has 0 bridgehead atoms. The highest BCUT2D eigenvalue weighted by molar-refractivity contribution is 4.93. The molecule has 0 spiro atoms. The highest BCUT2D eigenvalue weighted by Gasteiger charge is 2.38. The third-order valence-electron chi connectivity index (χ3n) is 4.60. The molecule has 0 amide bonds. The van der Waals surface area contributed by atoms with Gasteiger partial charge in [0.15, 0.2) is 0 Å². The lowest BCUT2D eigenvalue weighted by molar-refractivity contribution is -0.00461. The summed E-state index contributed by atoms with van der Waals surface area (Å²) >= 11 is 0. The van der Waals surface area contributed by atoms with Gasteiger partial charge in [-0.1, -0.05) is 25.7 Å². The molecule has 0 radical (unpaired) electrons. The van der Waals surface area contributed by atoms with E-state index in [9.17, 15) is 0 Å². The summed E-state index contributed by atoms with van der Waals surface area (Å²) in [5, 5.41) is 0. The molecule has 0 aromatic carbocycles. The van der Waals surface area contributed by atoms with E-state index in [2.05, 4.69) is 4.90 Å². The van der Waals surface area contributed by atoms with E-state index in [4.69, 9.17) is 15.2 Å². The van der Waals surface area contributed by atoms with Crippen LogP contribution in [0, 0.1) is 0 Å². The van der Waals surface area contributed by atoms with Gasteiger partial charge in [-0.15, -0.1) is 0 Å². The highest BCUT2D eigenvalue weighted by Crippen LogP contribution is 2.26. The van der Waals surface area contributed by atoms with Crippen LogP contribution in [-0.2, 0) is 9.47 Å². The summed E-state index contributed by atoms with van der Waals surface area (Å²) in [4.78, 5) is 2.50. The highest BCUT2D eigenvalue weighted by atomic mass is 16.5. The monoisotopic (exact) mass is 256 g/mol. The SMILES string of the molecule is COC1CN(C2CCCCCCC2N)CC1OC. The van der Waals surface area contributed by atoms with Gasteiger partial charge in [0.2, 0.25) is 0 Å². The van der Waals surface area contributed by atoms with Gasteiger partial charge in [0.05, 0.1) is 12.2 Å². The lowest BCUT2D eigenvalue weighted by atomic mass is 9.92. The number of methoxy groups -OCH3 is 2. The van der Waals surface area contributed by atoms with Gasteiger partial charge in [-0.2, -0.15) is 0 Å². The average Bonchev–Trinajstić information content (AvgIpc) is 2.77. The molecule has 0 aromatic heterocycles. The Kier molecular flexibility index (Phi) is 5.42. The summed E-state index contributed by atoms with van der Waals surface area (Å²) in [6.07, 6.45) is 8.10. The Morgan fingerprint density at radius 3 is 2.00 bits per heavy atom. The Morgan fingerprint density at radius 2 is 1.44 bits per heavy atom. The smallest absolute Gasteiger partial charge is 0.0971 e. The number of hydrogen-bond donors (Lipinski definition) is 1. The van der Waals surface area contributed by atoms with Crippen LogP contribution in [0.25, 0.3) is 0 Å². The van der Waals surface area contributed by atoms with Crippen molar-refractivity contribution < 1.29 is 9.47 Å². The molecule has 4 nitrogen and oxygen atoms in total. The minimum Gasteiger partial charge on any atom is -0.377 e. The topological polar surface area (TPSA) is 47.7 Å². The van der Waals surface area contributed by atoms with Crippen molar-refractivity contribution in [1.82, 2.24) is 4.90 Å². The minimum atomic E-state index is 0.202. The number of hydrogen-bond acceptors (Lipinski definition) is 4. The second-order valence-electron chi connectivity index (χ2n) is 5.72. The number of rotatable bonds is 3. The second kappa shape index (κ2) is 6.85. The Morgan fingerprint density at radius 1 is 0.889 bits per heavy atom. The van der Waals surface area contributed by atoms with E-state index in [1.165, 1.54) is 32.1 Å². The predicted molar refractivity (Wildman–Crippen MR) is 72.6 cm³/mol. The standard InChI is InChI=1S/C14H28N2O2/c1-17-13-9-16(10-14(13)18-2)12-8-6-4-3-5-7-11(12)15/h11-14H,3-10,15H2,1-2H3. The molecular weight excluding hydrogens is 228 g/mol. The Labute approximate surface area is 111 Å². The van der Waals surface area contributed by atoms with Crippen LogP contribution in [0.4, 0.5) is 0 Å². The van der Waals surface area contributed by atoms with Crippen molar-refractivity contribution >= 4 is 0 Å². The summed E-state index contributed by atoms with van der Waals surface area (Å²) in [6.45, 7) is 1.93. The van der Waals surface area contributed by atoms with Crippen LogP contribution in [0.1, 0.15) is 38.5 Å². The lowest BCUT2D eigenvalue weighted by Gasteiger charge is -2.34. The van der Waals surface area contributed by atoms with Gasteiger partial charge in [-0.05, 0) is 12.8 Å². The molecule has 2 fully saturated rings. The van der Waals surface area contributed by atoms with Crippen LogP contribution >= 0.6 is 0 Å². The van der Waals surface area contributed by atoms with E-state index in [1.54, 1.807) is 14.2 Å². The van der Waals surface area contributed by atoms with Crippen LogP contribution in [0.5, 0.6) is 0 Å². The molecular formula is C14H28N2O2. The molecule has 4 heteroatoms. The van der Waals surface area contributed by atoms with Crippen molar-refractivity contribution in [2.45, 2.75) is 62.8 Å². The largest absolute Gasteiger partial charge is 0.377 e. The van der Waals surface area contributed by atoms with Crippen LogP contribution in [0.2, 0.25) is 0 Å². The first-order chi connectivity index (χ1) is 8.76. The van der Waals surface area contributed by atoms with Crippen LogP contribution in [0.3, 0.4) is 0 Å². The Bertz CT molecular complexity index is 238. The molecule has 2 aliphatic rings. The summed E-state index contributed by atoms with van der Waals surface area (Å²) in [6, 6.07) is 0.835. The van der Waals surface area contributed by atoms with Gasteiger partial charge in [-0.3, -0.25) is 4.90 Å². The van der Waals surface area contributed by atoms with Gasteiger partial charge < -0.3 is 15.2 Å². The van der Waals surface area contributed by atoms with Crippen molar-refractivity contribution in [2.75, 3.05) is 27.3 Å². The molecule has 4 atom stereocenters. The minimum absolute atomic E-state index is 0.202. The molecule has 2 N–H and O–H groups in total. The van der Waals surface area contributed by atoms with E-state index in [0.29, 0.717) is 12.1 Å². The maximum Gasteiger partial charge on any atom is 0.0971 e. The van der Waals surface area contributed by atoms with E-state index >= 15 is 0 Å². The number of likely N-dealkylation sites (tertiary alicyclic amines) is 1. The van der Waals surface area contributed by atoms with Gasteiger partial charge in [0.25, 0.3) is 0 Å². The normalized spacial score (nSPS) is 39.5. The molecule has 1 aliphatic heterocycles. The first-order valence-corrected chi connectivity index (χ1v) is 7.31. The second-order valence-corrected chi connectivity index (χ2v) is 5.72. The fraction of sp³-hybridized carbons (Fsp3) is 1.00. The predicted octanol–water partition coefficient (Wildman–Crippen LogP) is 1.38. The fourth-order valence-electron chi connectivity index (χ4n) is 3.44. The molecule has 1 heterocycles. The van der Waals surface area contributed by atoms with Crippen molar-refractivity contribution in [3.05, 3.63) is 0 Å². The molecule has 106 valence electrons. The molecule has 2 rings (SSSR count). The lowest BCUT2D eigenvalue weighted by Crippen LogP contribution is -2.47. The van der Waals surface area contributed by atoms with Crippen molar-refractivity contribution in [3.63, 3.8) is 0 Å². The van der Waals surface area contributed by atoms with Crippen molar-refractivity contribution in [3.8, 4) is 0 Å². The molecule has 4 unspecified atom stereocenters. The summed E-state index contributed by atoms with van der Waals surface area (Å²) in [7, 11) is 3.55. The van der Waals surface area contributed by atoms with Crippen molar-refractivity contribution in [2.24, 2.45) is 5.73 Å². The molecule has 1 saturated heterocycles. The zero-order valence-electron chi connectivity index (χ0n) is 11.8. The summed E-state index contributed by atoms with van der Waals surface area (Å²) in [5.41, 5.74) is 6.38. The number of nitrogens with two attached hydrogens (primary N) is 1. The molecule has 0 aromatic rings. The zero-order chi connectivity index (χ0) is 13.0. The van der Waals surface area contributed by atoms with E-state index in [0.717, 1.165) is 19.5 Å². The van der Waals surface area contributed by atoms with Gasteiger partial charge in [0, 0.05) is 39.4 Å². The van der Waals surface area contributed by atoms with Crippen LogP contribution in [0.15, 0.2) is 0 Å². The van der Waals surface area contributed by atoms with Gasteiger partial charge in [-0.25, -0.2) is 0 Å². The zero-order valence-corrected chi connectivity index (χ0v) is 11.8. The molecule has 18 heavy (non-hydrogen) atoms. The molecule has 1 saturated carbocycles. The van der Waals surface area contributed by atoms with E-state index in [-0.39, 0.29) is 12.2 Å². The van der Waals surface area contributed by atoms with E-state index < -0.39 is 0 Å².